The molecule has 0 amide bonds. The first-order valence-electron chi connectivity index (χ1n) is 8.21. The van der Waals surface area contributed by atoms with Gasteiger partial charge in [-0.2, -0.15) is 0 Å². The van der Waals surface area contributed by atoms with Crippen LogP contribution in [-0.4, -0.2) is 13.1 Å². The second-order valence-corrected chi connectivity index (χ2v) is 7.65. The average molecular weight is 356 g/mol. The molecule has 2 atom stereocenters. The van der Waals surface area contributed by atoms with Gasteiger partial charge in [-0.1, -0.05) is 48.7 Å². The van der Waals surface area contributed by atoms with Crippen molar-refractivity contribution in [2.24, 2.45) is 17.8 Å². The fourth-order valence-electron chi connectivity index (χ4n) is 3.35. The highest BCUT2D eigenvalue weighted by Gasteiger charge is 2.25. The Balaban J connectivity index is 1.94. The molecule has 21 heavy (non-hydrogen) atoms. The molecule has 0 aliphatic heterocycles. The summed E-state index contributed by atoms with van der Waals surface area (Å²) < 4.78 is 14.1. The van der Waals surface area contributed by atoms with Gasteiger partial charge in [0.05, 0.1) is 0 Å². The molecule has 1 fully saturated rings. The van der Waals surface area contributed by atoms with Gasteiger partial charge in [-0.15, -0.1) is 0 Å². The van der Waals surface area contributed by atoms with Gasteiger partial charge in [0, 0.05) is 4.47 Å². The Labute approximate surface area is 136 Å². The van der Waals surface area contributed by atoms with Crippen molar-refractivity contribution in [2.75, 3.05) is 13.1 Å². The molecule has 1 aromatic carbocycles. The maximum absolute atomic E-state index is 13.2. The first-order chi connectivity index (χ1) is 10.1. The van der Waals surface area contributed by atoms with Gasteiger partial charge in [0.2, 0.25) is 0 Å². The predicted molar refractivity (Wildman–Crippen MR) is 91.0 cm³/mol. The van der Waals surface area contributed by atoms with Crippen LogP contribution in [0.2, 0.25) is 0 Å². The van der Waals surface area contributed by atoms with Gasteiger partial charge in [0.15, 0.2) is 0 Å². The zero-order valence-corrected chi connectivity index (χ0v) is 14.8. The fourth-order valence-corrected chi connectivity index (χ4v) is 3.86. The van der Waals surface area contributed by atoms with Crippen LogP contribution in [0.1, 0.15) is 45.1 Å². The van der Waals surface area contributed by atoms with E-state index in [9.17, 15) is 4.39 Å². The highest BCUT2D eigenvalue weighted by molar-refractivity contribution is 9.10. The Morgan fingerprint density at radius 1 is 1.24 bits per heavy atom. The van der Waals surface area contributed by atoms with Gasteiger partial charge in [-0.25, -0.2) is 4.39 Å². The molecule has 0 saturated heterocycles. The average Bonchev–Trinajstić information content (AvgIpc) is 2.43. The van der Waals surface area contributed by atoms with E-state index < -0.39 is 0 Å². The van der Waals surface area contributed by atoms with Crippen LogP contribution >= 0.6 is 15.9 Å². The third-order valence-corrected chi connectivity index (χ3v) is 5.26. The zero-order chi connectivity index (χ0) is 15.2. The normalized spacial score (nSPS) is 22.7. The quantitative estimate of drug-likeness (QED) is 0.740. The minimum Gasteiger partial charge on any atom is -0.316 e. The van der Waals surface area contributed by atoms with E-state index >= 15 is 0 Å². The van der Waals surface area contributed by atoms with E-state index in [2.05, 4.69) is 35.1 Å². The molecule has 2 unspecified atom stereocenters. The summed E-state index contributed by atoms with van der Waals surface area (Å²) >= 11 is 3.51. The van der Waals surface area contributed by atoms with Crippen LogP contribution in [0, 0.1) is 23.6 Å². The molecular weight excluding hydrogens is 329 g/mol. The van der Waals surface area contributed by atoms with Crippen LogP contribution in [0.5, 0.6) is 0 Å². The molecule has 1 aliphatic carbocycles. The molecule has 118 valence electrons. The first kappa shape index (κ1) is 17.0. The Hall–Kier alpha value is -0.410. The zero-order valence-electron chi connectivity index (χ0n) is 13.2. The standard InChI is InChI=1S/C18H27BrFN/c1-13(2)11-21-12-16-6-4-3-5-14(16)9-15-7-8-17(20)10-18(15)19/h7-8,10,13-14,16,21H,3-6,9,11-12H2,1-2H3. The SMILES string of the molecule is CC(C)CNCC1CCCCC1Cc1ccc(F)cc1Br. The number of hydrogen-bond donors (Lipinski definition) is 1. The molecule has 2 rings (SSSR count). The Morgan fingerprint density at radius 2 is 1.95 bits per heavy atom. The molecule has 3 heteroatoms. The summed E-state index contributed by atoms with van der Waals surface area (Å²) in [5, 5.41) is 3.62. The minimum atomic E-state index is -0.163. The van der Waals surface area contributed by atoms with Crippen molar-refractivity contribution in [3.63, 3.8) is 0 Å². The van der Waals surface area contributed by atoms with Gasteiger partial charge in [-0.3, -0.25) is 0 Å². The summed E-state index contributed by atoms with van der Waals surface area (Å²) in [5.41, 5.74) is 1.25. The van der Waals surface area contributed by atoms with E-state index in [1.807, 2.05) is 6.07 Å². The van der Waals surface area contributed by atoms with E-state index in [1.165, 1.54) is 31.2 Å². The summed E-state index contributed by atoms with van der Waals surface area (Å²) in [6.07, 6.45) is 6.39. The molecule has 1 aromatic rings. The summed E-state index contributed by atoms with van der Waals surface area (Å²) in [4.78, 5) is 0. The lowest BCUT2D eigenvalue weighted by molar-refractivity contribution is 0.226. The smallest absolute Gasteiger partial charge is 0.124 e. The molecule has 1 N–H and O–H groups in total. The third kappa shape index (κ3) is 5.37. The topological polar surface area (TPSA) is 12.0 Å². The van der Waals surface area contributed by atoms with E-state index in [0.717, 1.165) is 35.8 Å². The van der Waals surface area contributed by atoms with Gasteiger partial charge >= 0.3 is 0 Å². The number of hydrogen-bond acceptors (Lipinski definition) is 1. The molecule has 1 nitrogen and oxygen atoms in total. The van der Waals surface area contributed by atoms with Crippen molar-refractivity contribution in [3.05, 3.63) is 34.1 Å². The number of halogens is 2. The lowest BCUT2D eigenvalue weighted by Crippen LogP contribution is -2.33. The highest BCUT2D eigenvalue weighted by Crippen LogP contribution is 2.34. The van der Waals surface area contributed by atoms with Crippen LogP contribution in [-0.2, 0) is 6.42 Å². The molecule has 0 bridgehead atoms. The monoisotopic (exact) mass is 355 g/mol. The van der Waals surface area contributed by atoms with E-state index in [-0.39, 0.29) is 5.82 Å². The van der Waals surface area contributed by atoms with Crippen molar-refractivity contribution in [1.29, 1.82) is 0 Å². The lowest BCUT2D eigenvalue weighted by Gasteiger charge is -2.32. The van der Waals surface area contributed by atoms with Crippen molar-refractivity contribution >= 4 is 15.9 Å². The van der Waals surface area contributed by atoms with E-state index in [4.69, 9.17) is 0 Å². The van der Waals surface area contributed by atoms with E-state index in [0.29, 0.717) is 5.92 Å². The fraction of sp³-hybridized carbons (Fsp3) is 0.667. The number of rotatable bonds is 6. The molecular formula is C18H27BrFN. The van der Waals surface area contributed by atoms with Crippen molar-refractivity contribution in [3.8, 4) is 0 Å². The third-order valence-electron chi connectivity index (χ3n) is 4.52. The highest BCUT2D eigenvalue weighted by atomic mass is 79.9. The molecule has 0 spiro atoms. The maximum atomic E-state index is 13.2. The lowest BCUT2D eigenvalue weighted by atomic mass is 9.76. The summed E-state index contributed by atoms with van der Waals surface area (Å²) in [6.45, 7) is 6.73. The van der Waals surface area contributed by atoms with Crippen molar-refractivity contribution < 1.29 is 4.39 Å². The minimum absolute atomic E-state index is 0.163. The van der Waals surface area contributed by atoms with Gasteiger partial charge in [-0.05, 0) is 67.8 Å². The Bertz CT molecular complexity index is 447. The van der Waals surface area contributed by atoms with Crippen molar-refractivity contribution in [2.45, 2.75) is 46.0 Å². The van der Waals surface area contributed by atoms with Crippen molar-refractivity contribution in [1.82, 2.24) is 5.32 Å². The summed E-state index contributed by atoms with van der Waals surface area (Å²) in [6, 6.07) is 5.10. The molecule has 0 aromatic heterocycles. The maximum Gasteiger partial charge on any atom is 0.124 e. The van der Waals surface area contributed by atoms with Crippen LogP contribution in [0.25, 0.3) is 0 Å². The second-order valence-electron chi connectivity index (χ2n) is 6.80. The van der Waals surface area contributed by atoms with Gasteiger partial charge < -0.3 is 5.32 Å². The molecule has 1 saturated carbocycles. The summed E-state index contributed by atoms with van der Waals surface area (Å²) in [7, 11) is 0. The number of nitrogens with one attached hydrogen (secondary N) is 1. The number of benzene rings is 1. The second kappa shape index (κ2) is 8.28. The van der Waals surface area contributed by atoms with Crippen LogP contribution in [0.15, 0.2) is 22.7 Å². The molecule has 0 heterocycles. The Morgan fingerprint density at radius 3 is 2.62 bits per heavy atom. The molecule has 1 aliphatic rings. The van der Waals surface area contributed by atoms with E-state index in [1.54, 1.807) is 12.1 Å². The predicted octanol–water partition coefficient (Wildman–Crippen LogP) is 5.18. The van der Waals surface area contributed by atoms with Gasteiger partial charge in [0.1, 0.15) is 5.82 Å². The van der Waals surface area contributed by atoms with Crippen LogP contribution in [0.4, 0.5) is 4.39 Å². The van der Waals surface area contributed by atoms with Gasteiger partial charge in [0.25, 0.3) is 0 Å². The van der Waals surface area contributed by atoms with Crippen LogP contribution < -0.4 is 5.32 Å². The van der Waals surface area contributed by atoms with Crippen LogP contribution in [0.3, 0.4) is 0 Å². The largest absolute Gasteiger partial charge is 0.316 e. The Kier molecular flexibility index (Phi) is 6.69. The molecule has 0 radical (unpaired) electrons. The first-order valence-corrected chi connectivity index (χ1v) is 9.00. The summed E-state index contributed by atoms with van der Waals surface area (Å²) in [5.74, 6) is 2.03.